The summed E-state index contributed by atoms with van der Waals surface area (Å²) in [5, 5.41) is 1.16. The lowest BCUT2D eigenvalue weighted by Crippen LogP contribution is -2.20. The molecule has 1 aliphatic rings. The van der Waals surface area contributed by atoms with E-state index in [0.29, 0.717) is 21.3 Å². The number of hydrogen-bond acceptors (Lipinski definition) is 2. The molecule has 2 aromatic carbocycles. The van der Waals surface area contributed by atoms with Crippen LogP contribution in [-0.4, -0.2) is 11.5 Å². The van der Waals surface area contributed by atoms with Gasteiger partial charge in [0.15, 0.2) is 5.78 Å². The van der Waals surface area contributed by atoms with Gasteiger partial charge in [0.1, 0.15) is 0 Å². The lowest BCUT2D eigenvalue weighted by atomic mass is 9.84. The highest BCUT2D eigenvalue weighted by Crippen LogP contribution is 2.32. The molecule has 0 heterocycles. The first kappa shape index (κ1) is 16.9. The average molecular weight is 358 g/mol. The summed E-state index contributed by atoms with van der Waals surface area (Å²) in [5.74, 6) is 0.195. The van der Waals surface area contributed by atoms with Crippen molar-refractivity contribution in [1.29, 1.82) is 0 Å². The predicted molar refractivity (Wildman–Crippen MR) is 101 cm³/mol. The Morgan fingerprint density at radius 1 is 1.00 bits per heavy atom. The van der Waals surface area contributed by atoms with Crippen LogP contribution in [0.5, 0.6) is 0 Å². The predicted octanol–water partition coefficient (Wildman–Crippen LogP) is 6.20. The Morgan fingerprint density at radius 2 is 1.58 bits per heavy atom. The van der Waals surface area contributed by atoms with E-state index in [9.17, 15) is 4.79 Å². The van der Waals surface area contributed by atoms with E-state index in [4.69, 9.17) is 28.2 Å². The Morgan fingerprint density at radius 3 is 2.17 bits per heavy atom. The second kappa shape index (κ2) is 6.54. The normalized spacial score (nSPS) is 15.7. The van der Waals surface area contributed by atoms with Crippen LogP contribution in [0.15, 0.2) is 53.0 Å². The van der Waals surface area contributed by atoms with Crippen molar-refractivity contribution >= 4 is 40.4 Å². The van der Waals surface area contributed by atoms with E-state index in [0.717, 1.165) is 22.4 Å². The monoisotopic (exact) mass is 357 g/mol. The second-order valence-electron chi connectivity index (χ2n) is 6.16. The number of fused-ring (bicyclic) bond motifs is 1. The molecule has 2 nitrogen and oxygen atoms in total. The summed E-state index contributed by atoms with van der Waals surface area (Å²) >= 11 is 12.4. The Bertz CT molecular complexity index is 871. The molecule has 3 rings (SSSR count). The van der Waals surface area contributed by atoms with Crippen LogP contribution in [0.2, 0.25) is 10.0 Å². The van der Waals surface area contributed by atoms with Crippen LogP contribution in [-0.2, 0) is 0 Å². The minimum absolute atomic E-state index is 0.0690. The number of hydrogen-bond donors (Lipinski definition) is 0. The van der Waals surface area contributed by atoms with Gasteiger partial charge < -0.3 is 0 Å². The molecule has 4 heteroatoms. The van der Waals surface area contributed by atoms with Gasteiger partial charge in [-0.2, -0.15) is 0 Å². The quantitative estimate of drug-likeness (QED) is 0.628. The third-order valence-corrected chi connectivity index (χ3v) is 4.92. The summed E-state index contributed by atoms with van der Waals surface area (Å²) in [5.41, 5.74) is 4.54. The smallest absolute Gasteiger partial charge is 0.190 e. The molecular formula is C20H17Cl2NO. The van der Waals surface area contributed by atoms with E-state index < -0.39 is 0 Å². The van der Waals surface area contributed by atoms with E-state index in [-0.39, 0.29) is 11.7 Å². The number of carbonyl (C=O) groups excluding carboxylic acids is 1. The number of nitrogens with zero attached hydrogens (tertiary/aromatic N) is 1. The number of carbonyl (C=O) groups is 1. The Hall–Kier alpha value is -1.90. The maximum Gasteiger partial charge on any atom is 0.190 e. The minimum Gasteiger partial charge on any atom is -0.289 e. The van der Waals surface area contributed by atoms with Crippen LogP contribution >= 0.6 is 23.2 Å². The molecule has 0 aliphatic heterocycles. The number of rotatable bonds is 2. The molecule has 0 atom stereocenters. The highest BCUT2D eigenvalue weighted by atomic mass is 35.5. The Balaban J connectivity index is 2.19. The maximum absolute atomic E-state index is 12.6. The Kier molecular flexibility index (Phi) is 4.62. The summed E-state index contributed by atoms with van der Waals surface area (Å²) in [6.45, 7) is 5.89. The fourth-order valence-corrected chi connectivity index (χ4v) is 3.18. The molecule has 122 valence electrons. The van der Waals surface area contributed by atoms with Gasteiger partial charge >= 0.3 is 0 Å². The molecule has 24 heavy (non-hydrogen) atoms. The largest absolute Gasteiger partial charge is 0.289 e. The van der Waals surface area contributed by atoms with E-state index in [1.54, 1.807) is 12.1 Å². The van der Waals surface area contributed by atoms with Gasteiger partial charge in [-0.25, -0.2) is 4.99 Å². The van der Waals surface area contributed by atoms with E-state index in [2.05, 4.69) is 0 Å². The molecule has 0 spiro atoms. The van der Waals surface area contributed by atoms with Gasteiger partial charge in [-0.1, -0.05) is 61.3 Å². The maximum atomic E-state index is 12.6. The van der Waals surface area contributed by atoms with Gasteiger partial charge in [0, 0.05) is 26.7 Å². The number of halogens is 2. The molecule has 0 saturated carbocycles. The third-order valence-electron chi connectivity index (χ3n) is 4.14. The highest BCUT2D eigenvalue weighted by Gasteiger charge is 2.25. The van der Waals surface area contributed by atoms with Crippen molar-refractivity contribution in [2.75, 3.05) is 0 Å². The van der Waals surface area contributed by atoms with Crippen LogP contribution < -0.4 is 0 Å². The van der Waals surface area contributed by atoms with Crippen LogP contribution in [0.25, 0.3) is 0 Å². The second-order valence-corrected chi connectivity index (χ2v) is 6.97. The van der Waals surface area contributed by atoms with Crippen molar-refractivity contribution in [3.63, 3.8) is 0 Å². The zero-order chi connectivity index (χ0) is 17.4. The van der Waals surface area contributed by atoms with Gasteiger partial charge in [0.05, 0.1) is 11.4 Å². The van der Waals surface area contributed by atoms with Gasteiger partial charge in [-0.3, -0.25) is 4.79 Å². The van der Waals surface area contributed by atoms with Crippen molar-refractivity contribution in [3.8, 4) is 0 Å². The van der Waals surface area contributed by atoms with Crippen LogP contribution in [0, 0.1) is 12.8 Å². The highest BCUT2D eigenvalue weighted by molar-refractivity contribution is 6.36. The lowest BCUT2D eigenvalue weighted by Gasteiger charge is -2.19. The summed E-state index contributed by atoms with van der Waals surface area (Å²) in [6, 6.07) is 11.1. The number of Topliss-reactive ketones (excluding diaryl/α,β-unsaturated/α-hetero) is 1. The van der Waals surface area contributed by atoms with Crippen molar-refractivity contribution in [1.82, 2.24) is 0 Å². The van der Waals surface area contributed by atoms with Gasteiger partial charge in [0.25, 0.3) is 0 Å². The number of benzene rings is 2. The van der Waals surface area contributed by atoms with Crippen molar-refractivity contribution in [2.24, 2.45) is 10.9 Å². The molecule has 0 amide bonds. The fourth-order valence-electron chi connectivity index (χ4n) is 2.71. The van der Waals surface area contributed by atoms with E-state index >= 15 is 0 Å². The number of allylic oxidation sites excluding steroid dienone is 2. The van der Waals surface area contributed by atoms with Crippen molar-refractivity contribution in [2.45, 2.75) is 20.8 Å². The SMILES string of the molecule is Cc1c(Cl)cc(N=C2C=C(C(C)C)C(=O)c3ccccc32)cc1Cl. The van der Waals surface area contributed by atoms with Gasteiger partial charge in [-0.15, -0.1) is 0 Å². The first-order valence-electron chi connectivity index (χ1n) is 7.78. The lowest BCUT2D eigenvalue weighted by molar-refractivity contribution is 0.102. The zero-order valence-corrected chi connectivity index (χ0v) is 15.2. The van der Waals surface area contributed by atoms with E-state index in [1.807, 2.05) is 51.1 Å². The van der Waals surface area contributed by atoms with E-state index in [1.165, 1.54) is 0 Å². The molecule has 0 N–H and O–H groups in total. The number of aliphatic imine (C=N–C) groups is 1. The summed E-state index contributed by atoms with van der Waals surface area (Å²) in [6.07, 6.45) is 1.87. The summed E-state index contributed by atoms with van der Waals surface area (Å²) in [4.78, 5) is 17.4. The minimum atomic E-state index is 0.0690. The molecule has 0 radical (unpaired) electrons. The summed E-state index contributed by atoms with van der Waals surface area (Å²) in [7, 11) is 0. The van der Waals surface area contributed by atoms with Crippen LogP contribution in [0.1, 0.15) is 35.3 Å². The molecule has 1 aliphatic carbocycles. The van der Waals surface area contributed by atoms with Gasteiger partial charge in [0.2, 0.25) is 0 Å². The standard InChI is InChI=1S/C20H17Cl2NO/c1-11(2)16-10-19(14-6-4-5-7-15(14)20(16)24)23-13-8-17(21)12(3)18(22)9-13/h4-11H,1-3H3. The Labute approximate surface area is 151 Å². The number of ketones is 1. The molecule has 0 aromatic heterocycles. The molecule has 0 unspecified atom stereocenters. The van der Waals surface area contributed by atoms with Gasteiger partial charge in [-0.05, 0) is 36.6 Å². The summed E-state index contributed by atoms with van der Waals surface area (Å²) < 4.78 is 0. The molecule has 2 aromatic rings. The van der Waals surface area contributed by atoms with Crippen molar-refractivity contribution < 1.29 is 4.79 Å². The first-order valence-corrected chi connectivity index (χ1v) is 8.54. The molecular weight excluding hydrogens is 341 g/mol. The zero-order valence-electron chi connectivity index (χ0n) is 13.7. The average Bonchev–Trinajstić information content (AvgIpc) is 2.55. The van der Waals surface area contributed by atoms with Crippen LogP contribution in [0.3, 0.4) is 0 Å². The third kappa shape index (κ3) is 3.04. The molecule has 0 saturated heterocycles. The van der Waals surface area contributed by atoms with Crippen molar-refractivity contribution in [3.05, 3.63) is 74.8 Å². The first-order chi connectivity index (χ1) is 11.4. The molecule has 0 fully saturated rings. The topological polar surface area (TPSA) is 29.4 Å². The fraction of sp³-hybridized carbons (Fsp3) is 0.200. The molecule has 0 bridgehead atoms. The van der Waals surface area contributed by atoms with Crippen LogP contribution in [0.4, 0.5) is 5.69 Å².